The van der Waals surface area contributed by atoms with Crippen molar-refractivity contribution in [3.05, 3.63) is 52.2 Å². The number of rotatable bonds is 2. The number of para-hydroxylation sites is 1. The Hall–Kier alpha value is -1.65. The minimum Gasteiger partial charge on any atom is -0.311 e. The van der Waals surface area contributed by atoms with Crippen LogP contribution in [0, 0.1) is 0 Å². The van der Waals surface area contributed by atoms with Gasteiger partial charge in [-0.3, -0.25) is 4.79 Å². The number of hydrogen-bond acceptors (Lipinski definition) is 3. The molecule has 0 unspecified atom stereocenters. The summed E-state index contributed by atoms with van der Waals surface area (Å²) >= 11 is 1.64. The molecule has 104 valence electrons. The highest BCUT2D eigenvalue weighted by Crippen LogP contribution is 2.25. The Bertz CT molecular complexity index is 594. The zero-order chi connectivity index (χ0) is 13.9. The molecule has 2 aromatic rings. The molecule has 0 saturated heterocycles. The second-order valence-electron chi connectivity index (χ2n) is 5.17. The van der Waals surface area contributed by atoms with E-state index in [1.807, 2.05) is 34.5 Å². The predicted molar refractivity (Wildman–Crippen MR) is 83.2 cm³/mol. The molecule has 0 fully saturated rings. The molecule has 0 spiro atoms. The van der Waals surface area contributed by atoms with Crippen LogP contribution in [0.5, 0.6) is 0 Å². The van der Waals surface area contributed by atoms with E-state index < -0.39 is 0 Å². The number of nitrogens with zero attached hydrogens (tertiary/aromatic N) is 2. The zero-order valence-corrected chi connectivity index (χ0v) is 12.4. The van der Waals surface area contributed by atoms with E-state index in [0.29, 0.717) is 6.42 Å². The summed E-state index contributed by atoms with van der Waals surface area (Å²) in [6, 6.07) is 12.2. The third kappa shape index (κ3) is 2.76. The first-order valence-corrected chi connectivity index (χ1v) is 7.71. The van der Waals surface area contributed by atoms with E-state index in [0.717, 1.165) is 30.2 Å². The Morgan fingerprint density at radius 1 is 1.20 bits per heavy atom. The second kappa shape index (κ2) is 5.77. The van der Waals surface area contributed by atoms with Crippen LogP contribution in [0.2, 0.25) is 0 Å². The van der Waals surface area contributed by atoms with Crippen molar-refractivity contribution < 1.29 is 4.79 Å². The monoisotopic (exact) mass is 286 g/mol. The molecule has 1 aromatic heterocycles. The lowest BCUT2D eigenvalue weighted by molar-refractivity contribution is -0.117. The fraction of sp³-hybridized carbons (Fsp3) is 0.312. The lowest BCUT2D eigenvalue weighted by Gasteiger charge is -2.22. The quantitative estimate of drug-likeness (QED) is 0.847. The van der Waals surface area contributed by atoms with Crippen molar-refractivity contribution in [1.82, 2.24) is 4.90 Å². The van der Waals surface area contributed by atoms with Gasteiger partial charge in [-0.25, -0.2) is 0 Å². The Kier molecular flexibility index (Phi) is 3.85. The average Bonchev–Trinajstić information content (AvgIpc) is 2.87. The van der Waals surface area contributed by atoms with E-state index in [1.165, 1.54) is 5.56 Å². The molecule has 3 nitrogen and oxygen atoms in total. The van der Waals surface area contributed by atoms with E-state index in [1.54, 1.807) is 11.3 Å². The van der Waals surface area contributed by atoms with Crippen molar-refractivity contribution in [3.63, 3.8) is 0 Å². The molecule has 0 aliphatic carbocycles. The summed E-state index contributed by atoms with van der Waals surface area (Å²) in [6.07, 6.45) is 0.496. The molecule has 0 radical (unpaired) electrons. The molecule has 3 rings (SSSR count). The lowest BCUT2D eigenvalue weighted by atomic mass is 10.1. The Morgan fingerprint density at radius 3 is 2.85 bits per heavy atom. The molecule has 2 heterocycles. The first-order valence-electron chi connectivity index (χ1n) is 6.83. The van der Waals surface area contributed by atoms with Gasteiger partial charge in [-0.1, -0.05) is 24.3 Å². The summed E-state index contributed by atoms with van der Waals surface area (Å²) in [5, 5.41) is 2.02. The minimum atomic E-state index is 0.190. The summed E-state index contributed by atoms with van der Waals surface area (Å²) < 4.78 is 0. The molecule has 1 aliphatic heterocycles. The van der Waals surface area contributed by atoms with Crippen molar-refractivity contribution in [2.24, 2.45) is 0 Å². The molecule has 1 amide bonds. The first kappa shape index (κ1) is 13.3. The number of likely N-dealkylation sites (N-methyl/N-ethyl adjacent to an activating group) is 1. The molecule has 0 N–H and O–H groups in total. The highest BCUT2D eigenvalue weighted by atomic mass is 32.1. The van der Waals surface area contributed by atoms with Gasteiger partial charge in [0.25, 0.3) is 0 Å². The second-order valence-corrected chi connectivity index (χ2v) is 6.20. The molecule has 0 atom stereocenters. The molecular formula is C16H18N2OS. The number of thiophene rings is 1. The molecule has 4 heteroatoms. The maximum absolute atomic E-state index is 12.6. The van der Waals surface area contributed by atoms with E-state index in [4.69, 9.17) is 0 Å². The van der Waals surface area contributed by atoms with Gasteiger partial charge in [0.05, 0.1) is 6.42 Å². The molecule has 0 bridgehead atoms. The van der Waals surface area contributed by atoms with Crippen molar-refractivity contribution >= 4 is 22.9 Å². The SMILES string of the molecule is CN1CCN(C(=O)Cc2cccs2)c2ccccc2C1. The van der Waals surface area contributed by atoms with E-state index in [-0.39, 0.29) is 5.91 Å². The standard InChI is InChI=1S/C16H18N2OS/c1-17-8-9-18(15-7-3-2-5-13(15)12-17)16(19)11-14-6-4-10-20-14/h2-7,10H,8-9,11-12H2,1H3. The van der Waals surface area contributed by atoms with Crippen molar-refractivity contribution in [2.75, 3.05) is 25.0 Å². The van der Waals surface area contributed by atoms with Crippen LogP contribution in [0.25, 0.3) is 0 Å². The van der Waals surface area contributed by atoms with Gasteiger partial charge >= 0.3 is 0 Å². The average molecular weight is 286 g/mol. The van der Waals surface area contributed by atoms with Crippen LogP contribution in [-0.4, -0.2) is 30.9 Å². The zero-order valence-electron chi connectivity index (χ0n) is 11.6. The summed E-state index contributed by atoms with van der Waals surface area (Å²) in [4.78, 5) is 17.9. The van der Waals surface area contributed by atoms with Gasteiger partial charge in [0.2, 0.25) is 5.91 Å². The van der Waals surface area contributed by atoms with Gasteiger partial charge < -0.3 is 9.80 Å². The maximum atomic E-state index is 12.6. The van der Waals surface area contributed by atoms with Gasteiger partial charge in [0.15, 0.2) is 0 Å². The molecule has 1 aromatic carbocycles. The number of benzene rings is 1. The van der Waals surface area contributed by atoms with Crippen LogP contribution in [0.4, 0.5) is 5.69 Å². The van der Waals surface area contributed by atoms with Crippen LogP contribution >= 0.6 is 11.3 Å². The lowest BCUT2D eigenvalue weighted by Crippen LogP contribution is -2.36. The van der Waals surface area contributed by atoms with Crippen LogP contribution in [0.15, 0.2) is 41.8 Å². The van der Waals surface area contributed by atoms with Gasteiger partial charge in [-0.2, -0.15) is 0 Å². The number of carbonyl (C=O) groups excluding carboxylic acids is 1. The van der Waals surface area contributed by atoms with Crippen LogP contribution in [0.3, 0.4) is 0 Å². The highest BCUT2D eigenvalue weighted by Gasteiger charge is 2.22. The summed E-state index contributed by atoms with van der Waals surface area (Å²) in [5.74, 6) is 0.190. The van der Waals surface area contributed by atoms with Gasteiger partial charge in [0.1, 0.15) is 0 Å². The first-order chi connectivity index (χ1) is 9.74. The normalized spacial score (nSPS) is 15.8. The fourth-order valence-corrected chi connectivity index (χ4v) is 3.28. The van der Waals surface area contributed by atoms with Gasteiger partial charge in [0, 0.05) is 30.2 Å². The van der Waals surface area contributed by atoms with Crippen molar-refractivity contribution in [2.45, 2.75) is 13.0 Å². The maximum Gasteiger partial charge on any atom is 0.232 e. The minimum absolute atomic E-state index is 0.190. The number of anilines is 1. The third-order valence-electron chi connectivity index (χ3n) is 3.63. The largest absolute Gasteiger partial charge is 0.311 e. The topological polar surface area (TPSA) is 23.6 Å². The van der Waals surface area contributed by atoms with E-state index >= 15 is 0 Å². The third-order valence-corrected chi connectivity index (χ3v) is 4.51. The fourth-order valence-electron chi connectivity index (χ4n) is 2.59. The predicted octanol–water partition coefficient (Wildman–Crippen LogP) is 2.77. The molecular weight excluding hydrogens is 268 g/mol. The molecule has 20 heavy (non-hydrogen) atoms. The summed E-state index contributed by atoms with van der Waals surface area (Å²) in [5.41, 5.74) is 2.30. The molecule has 0 saturated carbocycles. The van der Waals surface area contributed by atoms with Crippen molar-refractivity contribution in [3.8, 4) is 0 Å². The highest BCUT2D eigenvalue weighted by molar-refractivity contribution is 7.10. The Labute approximate surface area is 123 Å². The van der Waals surface area contributed by atoms with E-state index in [9.17, 15) is 4.79 Å². The van der Waals surface area contributed by atoms with Crippen LogP contribution < -0.4 is 4.90 Å². The summed E-state index contributed by atoms with van der Waals surface area (Å²) in [6.45, 7) is 2.57. The van der Waals surface area contributed by atoms with Gasteiger partial charge in [-0.05, 0) is 30.1 Å². The van der Waals surface area contributed by atoms with Crippen LogP contribution in [0.1, 0.15) is 10.4 Å². The number of amides is 1. The van der Waals surface area contributed by atoms with Crippen LogP contribution in [-0.2, 0) is 17.8 Å². The number of fused-ring (bicyclic) bond motifs is 1. The number of carbonyl (C=O) groups is 1. The van der Waals surface area contributed by atoms with E-state index in [2.05, 4.69) is 24.1 Å². The van der Waals surface area contributed by atoms with Crippen molar-refractivity contribution in [1.29, 1.82) is 0 Å². The summed E-state index contributed by atoms with van der Waals surface area (Å²) in [7, 11) is 2.10. The Balaban J connectivity index is 1.87. The van der Waals surface area contributed by atoms with Gasteiger partial charge in [-0.15, -0.1) is 11.3 Å². The smallest absolute Gasteiger partial charge is 0.232 e. The Morgan fingerprint density at radius 2 is 2.05 bits per heavy atom. The number of hydrogen-bond donors (Lipinski definition) is 0. The molecule has 1 aliphatic rings.